The Kier molecular flexibility index (Phi) is 6.72. The van der Waals surface area contributed by atoms with Crippen LogP contribution < -0.4 is 16.0 Å². The zero-order valence-electron chi connectivity index (χ0n) is 14.9. The van der Waals surface area contributed by atoms with Gasteiger partial charge in [0, 0.05) is 30.3 Å². The number of rotatable bonds is 9. The maximum atomic E-state index is 11.5. The molecule has 0 aromatic heterocycles. The average molecular weight is 408 g/mol. The van der Waals surface area contributed by atoms with Crippen LogP contribution in [0.4, 0.5) is 28.4 Å². The molecule has 2 aromatic rings. The molecule has 0 fully saturated rings. The van der Waals surface area contributed by atoms with Crippen molar-refractivity contribution in [2.24, 2.45) is 5.73 Å². The molecule has 0 saturated carbocycles. The van der Waals surface area contributed by atoms with Gasteiger partial charge in [-0.05, 0) is 37.3 Å². The van der Waals surface area contributed by atoms with Gasteiger partial charge in [-0.3, -0.25) is 25.0 Å². The van der Waals surface area contributed by atoms with Crippen molar-refractivity contribution in [3.63, 3.8) is 0 Å². The number of primary amides is 1. The van der Waals surface area contributed by atoms with E-state index in [1.54, 1.807) is 12.1 Å². The second-order valence-electron chi connectivity index (χ2n) is 5.71. The number of halogens is 1. The highest BCUT2D eigenvalue weighted by Crippen LogP contribution is 2.34. The molecule has 0 atom stereocenters. The molecular weight excluding hydrogens is 390 g/mol. The van der Waals surface area contributed by atoms with E-state index in [-0.39, 0.29) is 5.69 Å². The highest BCUT2D eigenvalue weighted by molar-refractivity contribution is 6.18. The van der Waals surface area contributed by atoms with Crippen molar-refractivity contribution in [2.45, 2.75) is 6.92 Å². The number of nitro groups is 2. The Morgan fingerprint density at radius 2 is 1.75 bits per heavy atom. The maximum Gasteiger partial charge on any atom is 0.299 e. The summed E-state index contributed by atoms with van der Waals surface area (Å²) in [5.41, 5.74) is 4.83. The zero-order chi connectivity index (χ0) is 20.8. The molecule has 0 aliphatic carbocycles. The summed E-state index contributed by atoms with van der Waals surface area (Å²) in [5, 5.41) is 25.2. The SMILES string of the molecule is CCN(CCCl)c1ccc(Nc2cc(C(N)=O)c([N+](=O)[O-])cc2[N+](=O)[O-])cc1. The Morgan fingerprint density at radius 1 is 1.14 bits per heavy atom. The monoisotopic (exact) mass is 407 g/mol. The molecule has 1 amide bonds. The van der Waals surface area contributed by atoms with Crippen LogP contribution >= 0.6 is 11.6 Å². The fourth-order valence-corrected chi connectivity index (χ4v) is 2.86. The van der Waals surface area contributed by atoms with Crippen molar-refractivity contribution in [3.05, 3.63) is 62.2 Å². The van der Waals surface area contributed by atoms with E-state index in [0.29, 0.717) is 18.1 Å². The summed E-state index contributed by atoms with van der Waals surface area (Å²) < 4.78 is 0. The van der Waals surface area contributed by atoms with Gasteiger partial charge in [0.1, 0.15) is 11.3 Å². The molecule has 10 nitrogen and oxygen atoms in total. The van der Waals surface area contributed by atoms with Gasteiger partial charge in [0.2, 0.25) is 0 Å². The van der Waals surface area contributed by atoms with Crippen LogP contribution in [0, 0.1) is 20.2 Å². The number of carbonyl (C=O) groups is 1. The third-order valence-electron chi connectivity index (χ3n) is 4.02. The molecule has 11 heteroatoms. The third-order valence-corrected chi connectivity index (χ3v) is 4.19. The third kappa shape index (κ3) is 4.65. The minimum atomic E-state index is -1.06. The molecule has 0 heterocycles. The first-order chi connectivity index (χ1) is 13.3. The van der Waals surface area contributed by atoms with Crippen molar-refractivity contribution in [2.75, 3.05) is 29.2 Å². The molecule has 0 saturated heterocycles. The Labute approximate surface area is 165 Å². The minimum absolute atomic E-state index is 0.0785. The van der Waals surface area contributed by atoms with Crippen LogP contribution in [0.1, 0.15) is 17.3 Å². The number of anilines is 3. The molecule has 0 spiro atoms. The predicted molar refractivity (Wildman–Crippen MR) is 107 cm³/mol. The number of nitrogens with zero attached hydrogens (tertiary/aromatic N) is 3. The summed E-state index contributed by atoms with van der Waals surface area (Å²) in [6.45, 7) is 3.42. The smallest absolute Gasteiger partial charge is 0.299 e. The molecule has 0 radical (unpaired) electrons. The van der Waals surface area contributed by atoms with Gasteiger partial charge in [-0.2, -0.15) is 0 Å². The number of nitro benzene ring substituents is 2. The number of carbonyl (C=O) groups excluding carboxylic acids is 1. The van der Waals surface area contributed by atoms with Crippen LogP contribution in [-0.2, 0) is 0 Å². The average Bonchev–Trinajstić information content (AvgIpc) is 2.66. The van der Waals surface area contributed by atoms with Crippen molar-refractivity contribution in [3.8, 4) is 0 Å². The van der Waals surface area contributed by atoms with Crippen LogP contribution in [-0.4, -0.2) is 34.7 Å². The van der Waals surface area contributed by atoms with Crippen molar-refractivity contribution in [1.29, 1.82) is 0 Å². The molecule has 28 heavy (non-hydrogen) atoms. The highest BCUT2D eigenvalue weighted by Gasteiger charge is 2.27. The highest BCUT2D eigenvalue weighted by atomic mass is 35.5. The van der Waals surface area contributed by atoms with Gasteiger partial charge in [-0.25, -0.2) is 0 Å². The van der Waals surface area contributed by atoms with Crippen LogP contribution in [0.5, 0.6) is 0 Å². The lowest BCUT2D eigenvalue weighted by atomic mass is 10.1. The summed E-state index contributed by atoms with van der Waals surface area (Å²) in [6.07, 6.45) is 0. The topological polar surface area (TPSA) is 145 Å². The first kappa shape index (κ1) is 20.9. The Hall–Kier alpha value is -3.40. The van der Waals surface area contributed by atoms with E-state index in [4.69, 9.17) is 17.3 Å². The Bertz CT molecular complexity index is 904. The van der Waals surface area contributed by atoms with E-state index in [9.17, 15) is 25.0 Å². The minimum Gasteiger partial charge on any atom is -0.371 e. The van der Waals surface area contributed by atoms with Crippen molar-refractivity contribution in [1.82, 2.24) is 0 Å². The normalized spacial score (nSPS) is 10.4. The molecule has 0 unspecified atom stereocenters. The molecule has 0 aliphatic rings. The molecule has 2 aromatic carbocycles. The first-order valence-corrected chi connectivity index (χ1v) is 8.76. The largest absolute Gasteiger partial charge is 0.371 e. The summed E-state index contributed by atoms with van der Waals surface area (Å²) in [7, 11) is 0. The number of hydrogen-bond donors (Lipinski definition) is 2. The van der Waals surface area contributed by atoms with Crippen LogP contribution in [0.25, 0.3) is 0 Å². The summed E-state index contributed by atoms with van der Waals surface area (Å²) in [6, 6.07) is 8.74. The second kappa shape index (κ2) is 9.00. The number of hydrogen-bond acceptors (Lipinski definition) is 7. The van der Waals surface area contributed by atoms with Gasteiger partial charge in [-0.1, -0.05) is 0 Å². The Morgan fingerprint density at radius 3 is 2.21 bits per heavy atom. The van der Waals surface area contributed by atoms with Gasteiger partial charge < -0.3 is 16.0 Å². The summed E-state index contributed by atoms with van der Waals surface area (Å²) >= 11 is 5.78. The molecule has 0 aliphatic heterocycles. The summed E-state index contributed by atoms with van der Waals surface area (Å²) in [4.78, 5) is 34.3. The fraction of sp³-hybridized carbons (Fsp3) is 0.235. The van der Waals surface area contributed by atoms with Crippen LogP contribution in [0.2, 0.25) is 0 Å². The van der Waals surface area contributed by atoms with E-state index >= 15 is 0 Å². The molecule has 0 bridgehead atoms. The zero-order valence-corrected chi connectivity index (χ0v) is 15.7. The lowest BCUT2D eigenvalue weighted by Gasteiger charge is -2.22. The fourth-order valence-electron chi connectivity index (χ4n) is 2.66. The number of benzene rings is 2. The van der Waals surface area contributed by atoms with Crippen LogP contribution in [0.3, 0.4) is 0 Å². The predicted octanol–water partition coefficient (Wildman–Crippen LogP) is 3.41. The van der Waals surface area contributed by atoms with Crippen molar-refractivity contribution < 1.29 is 14.6 Å². The second-order valence-corrected chi connectivity index (χ2v) is 6.08. The van der Waals surface area contributed by atoms with Gasteiger partial charge in [0.05, 0.1) is 15.9 Å². The summed E-state index contributed by atoms with van der Waals surface area (Å²) in [5.74, 6) is -0.585. The van der Waals surface area contributed by atoms with E-state index in [2.05, 4.69) is 10.2 Å². The van der Waals surface area contributed by atoms with Gasteiger partial charge in [0.25, 0.3) is 17.3 Å². The standard InChI is InChI=1S/C17H18ClN5O5/c1-2-21(8-7-18)12-5-3-11(4-6-12)20-14-9-13(17(19)24)15(22(25)26)10-16(14)23(27)28/h3-6,9-10,20H,2,7-8H2,1H3,(H2,19,24). The van der Waals surface area contributed by atoms with E-state index in [1.807, 2.05) is 19.1 Å². The van der Waals surface area contributed by atoms with E-state index in [0.717, 1.165) is 24.4 Å². The number of nitrogens with two attached hydrogens (primary N) is 1. The lowest BCUT2D eigenvalue weighted by molar-refractivity contribution is -0.393. The lowest BCUT2D eigenvalue weighted by Crippen LogP contribution is -2.24. The number of nitrogens with one attached hydrogen (secondary N) is 1. The molecule has 3 N–H and O–H groups in total. The van der Waals surface area contributed by atoms with Crippen LogP contribution in [0.15, 0.2) is 36.4 Å². The van der Waals surface area contributed by atoms with E-state index in [1.165, 1.54) is 0 Å². The maximum absolute atomic E-state index is 11.5. The van der Waals surface area contributed by atoms with Gasteiger partial charge in [-0.15, -0.1) is 11.6 Å². The Balaban J connectivity index is 2.42. The van der Waals surface area contributed by atoms with Gasteiger partial charge >= 0.3 is 0 Å². The molecular formula is C17H18ClN5O5. The number of alkyl halides is 1. The molecule has 148 valence electrons. The number of amides is 1. The quantitative estimate of drug-likeness (QED) is 0.368. The van der Waals surface area contributed by atoms with Gasteiger partial charge in [0.15, 0.2) is 0 Å². The molecule has 2 rings (SSSR count). The van der Waals surface area contributed by atoms with Crippen molar-refractivity contribution >= 4 is 45.9 Å². The first-order valence-electron chi connectivity index (χ1n) is 8.23. The van der Waals surface area contributed by atoms with E-state index < -0.39 is 32.7 Å².